The molecule has 0 saturated carbocycles. The topological polar surface area (TPSA) is 12.0 Å². The first kappa shape index (κ1) is 16.0. The molecule has 1 N–H and O–H groups in total. The van der Waals surface area contributed by atoms with E-state index in [4.69, 9.17) is 6.42 Å². The molecule has 0 spiro atoms. The number of nitrogens with one attached hydrogen (secondary N) is 1. The van der Waals surface area contributed by atoms with Crippen LogP contribution in [0.15, 0.2) is 22.7 Å². The van der Waals surface area contributed by atoms with Crippen LogP contribution in [0.1, 0.15) is 44.2 Å². The van der Waals surface area contributed by atoms with Gasteiger partial charge in [0.2, 0.25) is 0 Å². The van der Waals surface area contributed by atoms with Crippen LogP contribution in [0.4, 0.5) is 0 Å². The van der Waals surface area contributed by atoms with Crippen molar-refractivity contribution in [3.05, 3.63) is 31.8 Å². The fourth-order valence-electron chi connectivity index (χ4n) is 1.88. The van der Waals surface area contributed by atoms with Gasteiger partial charge in [-0.15, -0.1) is 12.3 Å². The highest BCUT2D eigenvalue weighted by atomic mass is 127. The monoisotopic (exact) mass is 419 g/mol. The van der Waals surface area contributed by atoms with Crippen molar-refractivity contribution in [2.24, 2.45) is 0 Å². The molecule has 0 aromatic heterocycles. The van der Waals surface area contributed by atoms with Crippen LogP contribution in [0.3, 0.4) is 0 Å². The smallest absolute Gasteiger partial charge is 0.0332 e. The maximum Gasteiger partial charge on any atom is 0.0332 e. The molecule has 0 fully saturated rings. The summed E-state index contributed by atoms with van der Waals surface area (Å²) in [4.78, 5) is 0. The van der Waals surface area contributed by atoms with Gasteiger partial charge in [0, 0.05) is 20.5 Å². The minimum Gasteiger partial charge on any atom is -0.310 e. The number of hydrogen-bond donors (Lipinski definition) is 1. The number of terminal acetylenes is 1. The summed E-state index contributed by atoms with van der Waals surface area (Å²) >= 11 is 6.01. The molecule has 0 bridgehead atoms. The van der Waals surface area contributed by atoms with Crippen LogP contribution >= 0.6 is 38.5 Å². The number of halogens is 2. The highest BCUT2D eigenvalue weighted by molar-refractivity contribution is 14.1. The van der Waals surface area contributed by atoms with Gasteiger partial charge in [0.25, 0.3) is 0 Å². The molecule has 0 aliphatic carbocycles. The molecular weight excluding hydrogens is 401 g/mol. The zero-order valence-electron chi connectivity index (χ0n) is 10.7. The molecule has 0 aliphatic heterocycles. The van der Waals surface area contributed by atoms with Crippen molar-refractivity contribution in [2.75, 3.05) is 6.54 Å². The van der Waals surface area contributed by atoms with Crippen LogP contribution in [0, 0.1) is 15.9 Å². The summed E-state index contributed by atoms with van der Waals surface area (Å²) in [6.07, 6.45) is 9.48. The Morgan fingerprint density at radius 3 is 2.94 bits per heavy atom. The standard InChI is InChI=1S/C15H19BrIN/c1-3-5-6-7-15(18-10-4-2)13-11-12(17)8-9-14(13)16/h1,8-9,11,15,18H,4-7,10H2,2H3. The van der Waals surface area contributed by atoms with Crippen LogP contribution in [-0.4, -0.2) is 6.54 Å². The molecule has 0 amide bonds. The molecule has 1 unspecified atom stereocenters. The third-order valence-corrected chi connectivity index (χ3v) is 4.18. The van der Waals surface area contributed by atoms with Gasteiger partial charge in [-0.2, -0.15) is 0 Å². The minimum atomic E-state index is 0.391. The largest absolute Gasteiger partial charge is 0.310 e. The van der Waals surface area contributed by atoms with Crippen LogP contribution in [0.2, 0.25) is 0 Å². The lowest BCUT2D eigenvalue weighted by molar-refractivity contribution is 0.486. The fraction of sp³-hybridized carbons (Fsp3) is 0.467. The van der Waals surface area contributed by atoms with Gasteiger partial charge in [-0.05, 0) is 72.2 Å². The molecule has 0 heterocycles. The Hall–Kier alpha value is -0.0500. The minimum absolute atomic E-state index is 0.391. The summed E-state index contributed by atoms with van der Waals surface area (Å²) in [5, 5.41) is 3.61. The van der Waals surface area contributed by atoms with E-state index in [0.717, 1.165) is 32.2 Å². The lowest BCUT2D eigenvalue weighted by atomic mass is 10.0. The maximum absolute atomic E-state index is 5.33. The van der Waals surface area contributed by atoms with Gasteiger partial charge < -0.3 is 5.32 Å². The Morgan fingerprint density at radius 1 is 1.50 bits per heavy atom. The summed E-state index contributed by atoms with van der Waals surface area (Å²) in [5.41, 5.74) is 1.34. The van der Waals surface area contributed by atoms with E-state index < -0.39 is 0 Å². The lowest BCUT2D eigenvalue weighted by Crippen LogP contribution is -2.22. The number of benzene rings is 1. The second-order valence-electron chi connectivity index (χ2n) is 4.27. The van der Waals surface area contributed by atoms with Gasteiger partial charge in [-0.25, -0.2) is 0 Å². The molecule has 0 saturated heterocycles. The molecule has 98 valence electrons. The predicted molar refractivity (Wildman–Crippen MR) is 90.6 cm³/mol. The maximum atomic E-state index is 5.33. The van der Waals surface area contributed by atoms with Gasteiger partial charge >= 0.3 is 0 Å². The van der Waals surface area contributed by atoms with Crippen molar-refractivity contribution in [2.45, 2.75) is 38.6 Å². The summed E-state index contributed by atoms with van der Waals surface area (Å²) in [6, 6.07) is 6.88. The molecule has 1 atom stereocenters. The van der Waals surface area contributed by atoms with E-state index in [-0.39, 0.29) is 0 Å². The summed E-state index contributed by atoms with van der Waals surface area (Å²) in [6.45, 7) is 3.23. The van der Waals surface area contributed by atoms with Gasteiger partial charge in [-0.3, -0.25) is 0 Å². The summed E-state index contributed by atoms with van der Waals surface area (Å²) in [5.74, 6) is 2.72. The van der Waals surface area contributed by atoms with Gasteiger partial charge in [0.05, 0.1) is 0 Å². The predicted octanol–water partition coefficient (Wildman–Crippen LogP) is 4.90. The van der Waals surface area contributed by atoms with Crippen molar-refractivity contribution in [3.63, 3.8) is 0 Å². The van der Waals surface area contributed by atoms with E-state index in [2.05, 4.69) is 74.9 Å². The van der Waals surface area contributed by atoms with Crippen molar-refractivity contribution >= 4 is 38.5 Å². The molecule has 0 aliphatic rings. The molecule has 1 rings (SSSR count). The third kappa shape index (κ3) is 5.29. The molecular formula is C15H19BrIN. The van der Waals surface area contributed by atoms with Crippen molar-refractivity contribution in [1.29, 1.82) is 0 Å². The Morgan fingerprint density at radius 2 is 2.28 bits per heavy atom. The Bertz CT molecular complexity index is 411. The first-order chi connectivity index (χ1) is 8.69. The molecule has 1 aromatic carbocycles. The Kier molecular flexibility index (Phi) is 7.96. The average Bonchev–Trinajstić information content (AvgIpc) is 2.37. The SMILES string of the molecule is C#CCCCC(NCCC)c1cc(I)ccc1Br. The van der Waals surface area contributed by atoms with E-state index in [1.54, 1.807) is 0 Å². The zero-order valence-corrected chi connectivity index (χ0v) is 14.4. The molecule has 0 radical (unpaired) electrons. The number of rotatable bonds is 7. The van der Waals surface area contributed by atoms with Crippen molar-refractivity contribution < 1.29 is 0 Å². The Balaban J connectivity index is 2.79. The number of hydrogen-bond acceptors (Lipinski definition) is 1. The van der Waals surface area contributed by atoms with E-state index in [1.165, 1.54) is 13.6 Å². The molecule has 1 aromatic rings. The van der Waals surface area contributed by atoms with Gasteiger partial charge in [-0.1, -0.05) is 22.9 Å². The van der Waals surface area contributed by atoms with Crippen molar-refractivity contribution in [3.8, 4) is 12.3 Å². The van der Waals surface area contributed by atoms with E-state index in [0.29, 0.717) is 6.04 Å². The lowest BCUT2D eigenvalue weighted by Gasteiger charge is -2.20. The van der Waals surface area contributed by atoms with E-state index >= 15 is 0 Å². The first-order valence-electron chi connectivity index (χ1n) is 6.30. The van der Waals surface area contributed by atoms with Crippen LogP contribution in [-0.2, 0) is 0 Å². The highest BCUT2D eigenvalue weighted by Crippen LogP contribution is 2.28. The molecule has 1 nitrogen and oxygen atoms in total. The van der Waals surface area contributed by atoms with Crippen LogP contribution in [0.5, 0.6) is 0 Å². The van der Waals surface area contributed by atoms with Crippen LogP contribution < -0.4 is 5.32 Å². The normalized spacial score (nSPS) is 12.1. The highest BCUT2D eigenvalue weighted by Gasteiger charge is 2.13. The van der Waals surface area contributed by atoms with Crippen LogP contribution in [0.25, 0.3) is 0 Å². The van der Waals surface area contributed by atoms with Gasteiger partial charge in [0.1, 0.15) is 0 Å². The Labute approximate surface area is 132 Å². The van der Waals surface area contributed by atoms with E-state index in [9.17, 15) is 0 Å². The van der Waals surface area contributed by atoms with Gasteiger partial charge in [0.15, 0.2) is 0 Å². The quantitative estimate of drug-likeness (QED) is 0.376. The van der Waals surface area contributed by atoms with E-state index in [1.807, 2.05) is 0 Å². The average molecular weight is 420 g/mol. The summed E-state index contributed by atoms with van der Waals surface area (Å²) < 4.78 is 2.45. The third-order valence-electron chi connectivity index (χ3n) is 2.79. The fourth-order valence-corrected chi connectivity index (χ4v) is 2.91. The summed E-state index contributed by atoms with van der Waals surface area (Å²) in [7, 11) is 0. The number of unbranched alkanes of at least 4 members (excludes halogenated alkanes) is 1. The first-order valence-corrected chi connectivity index (χ1v) is 8.18. The molecule has 18 heavy (non-hydrogen) atoms. The zero-order chi connectivity index (χ0) is 13.4. The molecule has 3 heteroatoms. The second kappa shape index (κ2) is 8.95. The second-order valence-corrected chi connectivity index (χ2v) is 6.37. The van der Waals surface area contributed by atoms with Crippen molar-refractivity contribution in [1.82, 2.24) is 5.32 Å².